The minimum absolute atomic E-state index is 0.356. The molecule has 0 aliphatic carbocycles. The number of nitrogens with zero attached hydrogens (tertiary/aromatic N) is 1. The van der Waals surface area contributed by atoms with Crippen LogP contribution in [0.25, 0.3) is 0 Å². The molecular formula is C7H11NO. The molecular weight excluding hydrogens is 114 g/mol. The molecule has 0 unspecified atom stereocenters. The van der Waals surface area contributed by atoms with Gasteiger partial charge in [0, 0.05) is 19.7 Å². The minimum atomic E-state index is 0.356. The first-order valence-electron chi connectivity index (χ1n) is 2.98. The van der Waals surface area contributed by atoms with Crippen molar-refractivity contribution in [3.05, 3.63) is 23.6 Å². The van der Waals surface area contributed by atoms with Crippen LogP contribution < -0.4 is 0 Å². The molecule has 1 aliphatic rings. The highest BCUT2D eigenvalue weighted by Crippen LogP contribution is 2.08. The van der Waals surface area contributed by atoms with Crippen LogP contribution in [-0.4, -0.2) is 23.6 Å². The van der Waals surface area contributed by atoms with Crippen molar-refractivity contribution in [2.45, 2.75) is 6.92 Å². The minimum Gasteiger partial charge on any atom is -0.495 e. The summed E-state index contributed by atoms with van der Waals surface area (Å²) in [5.41, 5.74) is 1.13. The summed E-state index contributed by atoms with van der Waals surface area (Å²) in [4.78, 5) is 1.78. The topological polar surface area (TPSA) is 23.5 Å². The van der Waals surface area contributed by atoms with E-state index < -0.39 is 0 Å². The van der Waals surface area contributed by atoms with Gasteiger partial charge < -0.3 is 10.0 Å². The van der Waals surface area contributed by atoms with E-state index in [-0.39, 0.29) is 0 Å². The van der Waals surface area contributed by atoms with Crippen molar-refractivity contribution >= 4 is 0 Å². The number of hydrogen-bond donors (Lipinski definition) is 1. The number of rotatable bonds is 0. The van der Waals surface area contributed by atoms with Crippen molar-refractivity contribution in [3.63, 3.8) is 0 Å². The summed E-state index contributed by atoms with van der Waals surface area (Å²) in [5, 5.41) is 9.09. The second kappa shape index (κ2) is 2.13. The van der Waals surface area contributed by atoms with Gasteiger partial charge in [0.25, 0.3) is 0 Å². The van der Waals surface area contributed by atoms with Crippen LogP contribution in [0, 0.1) is 0 Å². The summed E-state index contributed by atoms with van der Waals surface area (Å²) in [5.74, 6) is 0.356. The normalized spacial score (nSPS) is 19.1. The van der Waals surface area contributed by atoms with E-state index in [1.54, 1.807) is 11.0 Å². The van der Waals surface area contributed by atoms with Gasteiger partial charge >= 0.3 is 0 Å². The fraction of sp³-hybridized carbons (Fsp3) is 0.429. The van der Waals surface area contributed by atoms with Crippen molar-refractivity contribution in [2.24, 2.45) is 0 Å². The Kier molecular flexibility index (Phi) is 1.47. The lowest BCUT2D eigenvalue weighted by Gasteiger charge is -2.19. The molecule has 9 heavy (non-hydrogen) atoms. The molecule has 1 N–H and O–H groups in total. The van der Waals surface area contributed by atoms with Crippen LogP contribution in [0.4, 0.5) is 0 Å². The molecule has 2 heteroatoms. The molecule has 0 radical (unpaired) electrons. The summed E-state index contributed by atoms with van der Waals surface area (Å²) in [7, 11) is 1.86. The average Bonchev–Trinajstić information content (AvgIpc) is 1.80. The monoisotopic (exact) mass is 125 g/mol. The third-order valence-corrected chi connectivity index (χ3v) is 1.43. The van der Waals surface area contributed by atoms with Gasteiger partial charge in [-0.2, -0.15) is 0 Å². The van der Waals surface area contributed by atoms with E-state index in [0.29, 0.717) is 5.88 Å². The molecule has 1 aliphatic heterocycles. The van der Waals surface area contributed by atoms with E-state index >= 15 is 0 Å². The standard InChI is InChI=1S/C7H11NO/c1-6-3-4-8(2)7(9)5-6/h3,5,9H,4H2,1-2H3. The molecule has 0 aromatic heterocycles. The van der Waals surface area contributed by atoms with Crippen molar-refractivity contribution in [1.29, 1.82) is 0 Å². The Hall–Kier alpha value is -0.920. The number of aliphatic hydroxyl groups is 1. The van der Waals surface area contributed by atoms with E-state index in [1.165, 1.54) is 0 Å². The molecule has 1 rings (SSSR count). The quantitative estimate of drug-likeness (QED) is 0.527. The Labute approximate surface area is 55.1 Å². The Balaban J connectivity index is 2.74. The maximum Gasteiger partial charge on any atom is 0.187 e. The van der Waals surface area contributed by atoms with E-state index in [1.807, 2.05) is 14.0 Å². The van der Waals surface area contributed by atoms with Crippen LogP contribution in [0.5, 0.6) is 0 Å². The van der Waals surface area contributed by atoms with Crippen LogP contribution in [0.3, 0.4) is 0 Å². The third-order valence-electron chi connectivity index (χ3n) is 1.43. The first-order valence-corrected chi connectivity index (χ1v) is 2.98. The molecule has 0 aromatic rings. The molecule has 0 atom stereocenters. The fourth-order valence-corrected chi connectivity index (χ4v) is 0.747. The van der Waals surface area contributed by atoms with E-state index in [0.717, 1.165) is 12.1 Å². The second-order valence-electron chi connectivity index (χ2n) is 2.33. The molecule has 0 saturated heterocycles. The van der Waals surface area contributed by atoms with Gasteiger partial charge in [-0.05, 0) is 12.5 Å². The molecule has 0 fully saturated rings. The highest BCUT2D eigenvalue weighted by Gasteiger charge is 2.03. The van der Waals surface area contributed by atoms with Gasteiger partial charge in [0.05, 0.1) is 0 Å². The Morgan fingerprint density at radius 3 is 2.78 bits per heavy atom. The van der Waals surface area contributed by atoms with Gasteiger partial charge in [0.2, 0.25) is 0 Å². The first-order chi connectivity index (χ1) is 4.20. The van der Waals surface area contributed by atoms with Crippen molar-refractivity contribution in [2.75, 3.05) is 13.6 Å². The van der Waals surface area contributed by atoms with Crippen molar-refractivity contribution in [3.8, 4) is 0 Å². The van der Waals surface area contributed by atoms with Crippen LogP contribution in [0.15, 0.2) is 23.6 Å². The van der Waals surface area contributed by atoms with Crippen LogP contribution in [0.1, 0.15) is 6.92 Å². The lowest BCUT2D eigenvalue weighted by atomic mass is 10.2. The predicted octanol–water partition coefficient (Wildman–Crippen LogP) is 1.28. The second-order valence-corrected chi connectivity index (χ2v) is 2.33. The molecule has 50 valence electrons. The van der Waals surface area contributed by atoms with E-state index in [4.69, 9.17) is 5.11 Å². The summed E-state index contributed by atoms with van der Waals surface area (Å²) in [6.07, 6.45) is 3.82. The van der Waals surface area contributed by atoms with E-state index in [2.05, 4.69) is 6.08 Å². The average molecular weight is 125 g/mol. The Morgan fingerprint density at radius 2 is 2.33 bits per heavy atom. The molecule has 0 saturated carbocycles. The molecule has 0 bridgehead atoms. The van der Waals surface area contributed by atoms with Gasteiger partial charge in [0.15, 0.2) is 5.88 Å². The van der Waals surface area contributed by atoms with Crippen LogP contribution >= 0.6 is 0 Å². The first kappa shape index (κ1) is 6.20. The Bertz CT molecular complexity index is 170. The largest absolute Gasteiger partial charge is 0.495 e. The molecule has 0 amide bonds. The summed E-state index contributed by atoms with van der Waals surface area (Å²) in [6.45, 7) is 2.79. The van der Waals surface area contributed by atoms with Gasteiger partial charge in [-0.15, -0.1) is 0 Å². The number of aliphatic hydroxyl groups excluding tert-OH is 1. The zero-order valence-electron chi connectivity index (χ0n) is 5.76. The van der Waals surface area contributed by atoms with Crippen molar-refractivity contribution < 1.29 is 5.11 Å². The van der Waals surface area contributed by atoms with Gasteiger partial charge in [-0.3, -0.25) is 0 Å². The molecule has 1 heterocycles. The molecule has 2 nitrogen and oxygen atoms in total. The van der Waals surface area contributed by atoms with Gasteiger partial charge in [-0.1, -0.05) is 6.08 Å². The summed E-state index contributed by atoms with van der Waals surface area (Å²) >= 11 is 0. The predicted molar refractivity (Wildman–Crippen MR) is 37.1 cm³/mol. The smallest absolute Gasteiger partial charge is 0.187 e. The van der Waals surface area contributed by atoms with Crippen LogP contribution in [-0.2, 0) is 0 Å². The number of allylic oxidation sites excluding steroid dienone is 2. The third kappa shape index (κ3) is 1.25. The SMILES string of the molecule is CC1=CCN(C)C(O)=C1. The number of hydrogen-bond acceptors (Lipinski definition) is 2. The lowest BCUT2D eigenvalue weighted by Crippen LogP contribution is -2.20. The van der Waals surface area contributed by atoms with Crippen molar-refractivity contribution in [1.82, 2.24) is 4.90 Å². The molecule has 0 spiro atoms. The highest BCUT2D eigenvalue weighted by molar-refractivity contribution is 5.22. The Morgan fingerprint density at radius 1 is 1.67 bits per heavy atom. The van der Waals surface area contributed by atoms with E-state index in [9.17, 15) is 0 Å². The fourth-order valence-electron chi connectivity index (χ4n) is 0.747. The van der Waals surface area contributed by atoms with Crippen LogP contribution in [0.2, 0.25) is 0 Å². The zero-order valence-corrected chi connectivity index (χ0v) is 5.76. The maximum absolute atomic E-state index is 9.09. The number of likely N-dealkylation sites (N-methyl/N-ethyl adjacent to an activating group) is 1. The highest BCUT2D eigenvalue weighted by atomic mass is 16.3. The summed E-state index contributed by atoms with van der Waals surface area (Å²) in [6, 6.07) is 0. The van der Waals surface area contributed by atoms with Gasteiger partial charge in [-0.25, -0.2) is 0 Å². The summed E-state index contributed by atoms with van der Waals surface area (Å²) < 4.78 is 0. The maximum atomic E-state index is 9.09. The lowest BCUT2D eigenvalue weighted by molar-refractivity contribution is 0.244. The molecule has 0 aromatic carbocycles. The zero-order chi connectivity index (χ0) is 6.85. The van der Waals surface area contributed by atoms with Gasteiger partial charge in [0.1, 0.15) is 0 Å².